The van der Waals surface area contributed by atoms with Gasteiger partial charge in [0.15, 0.2) is 0 Å². The molecule has 2 saturated heterocycles. The number of piperidine rings is 1. The Hall–Kier alpha value is -0.560. The summed E-state index contributed by atoms with van der Waals surface area (Å²) >= 11 is 0. The van der Waals surface area contributed by atoms with E-state index < -0.39 is 0 Å². The van der Waals surface area contributed by atoms with Crippen molar-refractivity contribution in [2.75, 3.05) is 52.9 Å². The van der Waals surface area contributed by atoms with Gasteiger partial charge in [0, 0.05) is 51.6 Å². The molecule has 3 fully saturated rings. The molecule has 0 spiro atoms. The molecular weight excluding hydrogens is 387 g/mol. The fourth-order valence-electron chi connectivity index (χ4n) is 4.67. The van der Waals surface area contributed by atoms with E-state index in [9.17, 15) is 9.59 Å². The number of nitrogens with two attached hydrogens (primary N) is 1. The van der Waals surface area contributed by atoms with E-state index in [1.54, 1.807) is 0 Å². The summed E-state index contributed by atoms with van der Waals surface area (Å²) in [7, 11) is 2.11. The molecule has 158 valence electrons. The van der Waals surface area contributed by atoms with E-state index in [-0.39, 0.29) is 30.7 Å². The van der Waals surface area contributed by atoms with Gasteiger partial charge in [-0.3, -0.25) is 9.59 Å². The number of hydrogen-bond donors (Lipinski definition) is 1. The van der Waals surface area contributed by atoms with Gasteiger partial charge in [0.2, 0.25) is 11.8 Å². The summed E-state index contributed by atoms with van der Waals surface area (Å²) in [6.45, 7) is 5.92. The minimum atomic E-state index is 0. The molecule has 6 nitrogen and oxygen atoms in total. The zero-order valence-corrected chi connectivity index (χ0v) is 18.1. The predicted octanol–water partition coefficient (Wildman–Crippen LogP) is 1.61. The average molecular weight is 423 g/mol. The number of amides is 2. The average Bonchev–Trinajstić information content (AvgIpc) is 3.11. The Balaban J connectivity index is 0.00000182. The number of carbonyl (C=O) groups excluding carboxylic acids is 2. The smallest absolute Gasteiger partial charge is 0.226 e. The predicted molar refractivity (Wildman–Crippen MR) is 112 cm³/mol. The molecule has 0 aromatic heterocycles. The SMILES string of the molecule is CN1CCN(C(=O)CC2CCN(C(=O)[C@@H]3CCC[C@@H]3CN)CC2)CC1.Cl.Cl. The molecule has 2 amide bonds. The number of likely N-dealkylation sites (N-methyl/N-ethyl adjacent to an activating group) is 1. The van der Waals surface area contributed by atoms with Crippen LogP contribution >= 0.6 is 24.8 Å². The number of likely N-dealkylation sites (tertiary alicyclic amines) is 1. The fraction of sp³-hybridized carbons (Fsp3) is 0.895. The molecule has 1 aliphatic carbocycles. The first-order valence-corrected chi connectivity index (χ1v) is 10.0. The van der Waals surface area contributed by atoms with Crippen LogP contribution in [-0.2, 0) is 9.59 Å². The Labute approximate surface area is 176 Å². The Morgan fingerprint density at radius 1 is 0.889 bits per heavy atom. The molecule has 2 atom stereocenters. The van der Waals surface area contributed by atoms with Gasteiger partial charge in [0.05, 0.1) is 0 Å². The topological polar surface area (TPSA) is 69.9 Å². The van der Waals surface area contributed by atoms with Crippen LogP contribution < -0.4 is 5.73 Å². The summed E-state index contributed by atoms with van der Waals surface area (Å²) in [5.41, 5.74) is 5.83. The van der Waals surface area contributed by atoms with Crippen LogP contribution in [0, 0.1) is 17.8 Å². The van der Waals surface area contributed by atoms with E-state index >= 15 is 0 Å². The van der Waals surface area contributed by atoms with Crippen LogP contribution in [0.5, 0.6) is 0 Å². The maximum absolute atomic E-state index is 12.8. The van der Waals surface area contributed by atoms with E-state index in [1.165, 1.54) is 0 Å². The van der Waals surface area contributed by atoms with E-state index in [2.05, 4.69) is 11.9 Å². The molecule has 27 heavy (non-hydrogen) atoms. The summed E-state index contributed by atoms with van der Waals surface area (Å²) < 4.78 is 0. The number of carbonyl (C=O) groups is 2. The lowest BCUT2D eigenvalue weighted by Gasteiger charge is -2.36. The highest BCUT2D eigenvalue weighted by atomic mass is 35.5. The second kappa shape index (κ2) is 11.4. The molecule has 2 heterocycles. The molecule has 3 aliphatic rings. The van der Waals surface area contributed by atoms with Crippen molar-refractivity contribution in [1.29, 1.82) is 0 Å². The lowest BCUT2D eigenvalue weighted by atomic mass is 9.90. The first-order chi connectivity index (χ1) is 12.1. The minimum absolute atomic E-state index is 0. The third-order valence-corrected chi connectivity index (χ3v) is 6.52. The molecule has 2 aliphatic heterocycles. The van der Waals surface area contributed by atoms with E-state index in [0.717, 1.165) is 71.4 Å². The van der Waals surface area contributed by atoms with Gasteiger partial charge < -0.3 is 20.4 Å². The highest BCUT2D eigenvalue weighted by molar-refractivity contribution is 5.85. The van der Waals surface area contributed by atoms with Crippen molar-refractivity contribution in [3.05, 3.63) is 0 Å². The zero-order valence-electron chi connectivity index (χ0n) is 16.5. The van der Waals surface area contributed by atoms with Crippen LogP contribution in [0.4, 0.5) is 0 Å². The quantitative estimate of drug-likeness (QED) is 0.746. The Morgan fingerprint density at radius 2 is 1.52 bits per heavy atom. The number of hydrogen-bond acceptors (Lipinski definition) is 4. The number of halogens is 2. The van der Waals surface area contributed by atoms with Gasteiger partial charge in [-0.05, 0) is 51.1 Å². The van der Waals surface area contributed by atoms with Crippen LogP contribution in [0.2, 0.25) is 0 Å². The third kappa shape index (κ3) is 6.21. The standard InChI is InChI=1S/C19H34N4O2.2ClH/c1-21-9-11-22(12-10-21)18(24)13-15-5-7-23(8-6-15)19(25)17-4-2-3-16(17)14-20;;/h15-17H,2-14,20H2,1H3;2*1H/t16-,17-;;/m1../s1. The molecule has 0 radical (unpaired) electrons. The summed E-state index contributed by atoms with van der Waals surface area (Å²) in [6.07, 6.45) is 5.82. The van der Waals surface area contributed by atoms with Crippen molar-refractivity contribution >= 4 is 36.6 Å². The van der Waals surface area contributed by atoms with Gasteiger partial charge in [-0.15, -0.1) is 24.8 Å². The molecule has 2 N–H and O–H groups in total. The van der Waals surface area contributed by atoms with Gasteiger partial charge in [-0.2, -0.15) is 0 Å². The normalized spacial score (nSPS) is 27.0. The summed E-state index contributed by atoms with van der Waals surface area (Å²) in [5, 5.41) is 0. The van der Waals surface area contributed by atoms with Crippen LogP contribution in [0.1, 0.15) is 38.5 Å². The molecule has 1 saturated carbocycles. The number of piperazine rings is 1. The highest BCUT2D eigenvalue weighted by Gasteiger charge is 2.36. The maximum Gasteiger partial charge on any atom is 0.226 e. The van der Waals surface area contributed by atoms with Gasteiger partial charge in [0.25, 0.3) is 0 Å². The van der Waals surface area contributed by atoms with Gasteiger partial charge in [-0.25, -0.2) is 0 Å². The molecule has 0 bridgehead atoms. The summed E-state index contributed by atoms with van der Waals surface area (Å²) in [4.78, 5) is 31.6. The number of rotatable bonds is 4. The van der Waals surface area contributed by atoms with Crippen molar-refractivity contribution < 1.29 is 9.59 Å². The van der Waals surface area contributed by atoms with Crippen molar-refractivity contribution in [3.8, 4) is 0 Å². The minimum Gasteiger partial charge on any atom is -0.342 e. The first kappa shape index (κ1) is 24.5. The van der Waals surface area contributed by atoms with E-state index in [4.69, 9.17) is 5.73 Å². The summed E-state index contributed by atoms with van der Waals surface area (Å²) in [5.74, 6) is 1.58. The molecule has 0 aromatic rings. The fourth-order valence-corrected chi connectivity index (χ4v) is 4.67. The van der Waals surface area contributed by atoms with Gasteiger partial charge >= 0.3 is 0 Å². The molecule has 0 aromatic carbocycles. The van der Waals surface area contributed by atoms with Crippen LogP contribution in [0.15, 0.2) is 0 Å². The second-order valence-corrected chi connectivity index (χ2v) is 8.19. The van der Waals surface area contributed by atoms with E-state index in [1.807, 2.05) is 9.80 Å². The van der Waals surface area contributed by atoms with E-state index in [0.29, 0.717) is 36.6 Å². The molecule has 3 rings (SSSR count). The largest absolute Gasteiger partial charge is 0.342 e. The van der Waals surface area contributed by atoms with Crippen LogP contribution in [0.25, 0.3) is 0 Å². The zero-order chi connectivity index (χ0) is 17.8. The lowest BCUT2D eigenvalue weighted by molar-refractivity contribution is -0.138. The Bertz CT molecular complexity index is 478. The monoisotopic (exact) mass is 422 g/mol. The molecule has 8 heteroatoms. The van der Waals surface area contributed by atoms with Gasteiger partial charge in [0.1, 0.15) is 0 Å². The van der Waals surface area contributed by atoms with Crippen molar-refractivity contribution in [2.45, 2.75) is 38.5 Å². The second-order valence-electron chi connectivity index (χ2n) is 8.19. The maximum atomic E-state index is 12.8. The summed E-state index contributed by atoms with van der Waals surface area (Å²) in [6, 6.07) is 0. The molecule has 0 unspecified atom stereocenters. The lowest BCUT2D eigenvalue weighted by Crippen LogP contribution is -2.48. The molecular formula is C19H36Cl2N4O2. The van der Waals surface area contributed by atoms with Crippen LogP contribution in [0.3, 0.4) is 0 Å². The Kier molecular flexibility index (Phi) is 10.4. The van der Waals surface area contributed by atoms with Crippen molar-refractivity contribution in [1.82, 2.24) is 14.7 Å². The number of nitrogens with zero attached hydrogens (tertiary/aromatic N) is 3. The van der Waals surface area contributed by atoms with Crippen LogP contribution in [-0.4, -0.2) is 79.4 Å². The van der Waals surface area contributed by atoms with Crippen molar-refractivity contribution in [3.63, 3.8) is 0 Å². The third-order valence-electron chi connectivity index (χ3n) is 6.52. The van der Waals surface area contributed by atoms with Gasteiger partial charge in [-0.1, -0.05) is 6.42 Å². The highest BCUT2D eigenvalue weighted by Crippen LogP contribution is 2.33. The van der Waals surface area contributed by atoms with Crippen molar-refractivity contribution in [2.24, 2.45) is 23.5 Å². The first-order valence-electron chi connectivity index (χ1n) is 10.0. The Morgan fingerprint density at radius 3 is 2.11 bits per heavy atom.